The standard InChI is InChI=1S/C18H16N2O2S/c1-20(2)15-9-4-3-8-14(15)13-7-5-6-12(10-13)11-16-17(21)19-18(22)23-16/h3-11H,1-2H3,(H,19,21,22)/b16-11-. The van der Waals surface area contributed by atoms with Crippen molar-refractivity contribution in [3.8, 4) is 11.1 Å². The first-order valence-corrected chi connectivity index (χ1v) is 7.98. The molecule has 1 saturated heterocycles. The van der Waals surface area contributed by atoms with Gasteiger partial charge in [-0.15, -0.1) is 0 Å². The number of imide groups is 1. The van der Waals surface area contributed by atoms with E-state index in [2.05, 4.69) is 22.3 Å². The normalized spacial score (nSPS) is 15.8. The number of amides is 2. The van der Waals surface area contributed by atoms with Gasteiger partial charge in [-0.05, 0) is 41.1 Å². The minimum Gasteiger partial charge on any atom is -0.377 e. The molecule has 1 aliphatic heterocycles. The van der Waals surface area contributed by atoms with Crippen LogP contribution in [0, 0.1) is 0 Å². The van der Waals surface area contributed by atoms with E-state index in [-0.39, 0.29) is 11.1 Å². The molecule has 3 rings (SSSR count). The van der Waals surface area contributed by atoms with Gasteiger partial charge in [0.2, 0.25) is 0 Å². The first kappa shape index (κ1) is 15.4. The van der Waals surface area contributed by atoms with Gasteiger partial charge in [-0.25, -0.2) is 0 Å². The Morgan fingerprint density at radius 3 is 2.52 bits per heavy atom. The lowest BCUT2D eigenvalue weighted by molar-refractivity contribution is -0.115. The fourth-order valence-electron chi connectivity index (χ4n) is 2.48. The smallest absolute Gasteiger partial charge is 0.290 e. The van der Waals surface area contributed by atoms with Gasteiger partial charge in [0.1, 0.15) is 0 Å². The number of carbonyl (C=O) groups excluding carboxylic acids is 2. The molecule has 116 valence electrons. The van der Waals surface area contributed by atoms with Gasteiger partial charge >= 0.3 is 0 Å². The van der Waals surface area contributed by atoms with E-state index >= 15 is 0 Å². The molecule has 0 aliphatic carbocycles. The van der Waals surface area contributed by atoms with Gasteiger partial charge in [-0.2, -0.15) is 0 Å². The third kappa shape index (κ3) is 3.29. The van der Waals surface area contributed by atoms with Crippen LogP contribution in [0.2, 0.25) is 0 Å². The van der Waals surface area contributed by atoms with Crippen molar-refractivity contribution in [2.45, 2.75) is 0 Å². The minimum atomic E-state index is -0.334. The van der Waals surface area contributed by atoms with Gasteiger partial charge in [0, 0.05) is 25.3 Å². The second-order valence-electron chi connectivity index (χ2n) is 5.39. The summed E-state index contributed by atoms with van der Waals surface area (Å²) in [4.78, 5) is 25.4. The van der Waals surface area contributed by atoms with Gasteiger partial charge in [-0.3, -0.25) is 14.9 Å². The maximum absolute atomic E-state index is 11.7. The van der Waals surface area contributed by atoms with Crippen molar-refractivity contribution in [1.29, 1.82) is 0 Å². The number of nitrogens with zero attached hydrogens (tertiary/aromatic N) is 1. The predicted molar refractivity (Wildman–Crippen MR) is 95.3 cm³/mol. The Morgan fingerprint density at radius 2 is 1.83 bits per heavy atom. The highest BCUT2D eigenvalue weighted by Gasteiger charge is 2.24. The molecule has 0 aromatic heterocycles. The SMILES string of the molecule is CN(C)c1ccccc1-c1cccc(/C=C2\SC(=O)NC2=O)c1. The highest BCUT2D eigenvalue weighted by Crippen LogP contribution is 2.31. The number of carbonyl (C=O) groups is 2. The summed E-state index contributed by atoms with van der Waals surface area (Å²) in [5.41, 5.74) is 4.21. The maximum atomic E-state index is 11.7. The lowest BCUT2D eigenvalue weighted by Crippen LogP contribution is -2.17. The average molecular weight is 324 g/mol. The van der Waals surface area contributed by atoms with Crippen LogP contribution in [0.25, 0.3) is 17.2 Å². The number of nitrogens with one attached hydrogen (secondary N) is 1. The summed E-state index contributed by atoms with van der Waals surface area (Å²) in [6.45, 7) is 0. The molecule has 1 heterocycles. The first-order valence-electron chi connectivity index (χ1n) is 7.16. The van der Waals surface area contributed by atoms with Crippen molar-refractivity contribution in [3.05, 3.63) is 59.0 Å². The second kappa shape index (κ2) is 6.30. The summed E-state index contributed by atoms with van der Waals surface area (Å²) < 4.78 is 0. The number of rotatable bonds is 3. The zero-order valence-electron chi connectivity index (χ0n) is 12.9. The molecule has 1 fully saturated rings. The van der Waals surface area contributed by atoms with Crippen LogP contribution < -0.4 is 10.2 Å². The topological polar surface area (TPSA) is 49.4 Å². The van der Waals surface area contributed by atoms with Crippen LogP contribution in [0.15, 0.2) is 53.4 Å². The second-order valence-corrected chi connectivity index (χ2v) is 6.40. The van der Waals surface area contributed by atoms with Gasteiger partial charge < -0.3 is 4.90 Å². The third-order valence-corrected chi connectivity index (χ3v) is 4.33. The van der Waals surface area contributed by atoms with Crippen molar-refractivity contribution in [2.75, 3.05) is 19.0 Å². The molecule has 0 atom stereocenters. The monoisotopic (exact) mass is 324 g/mol. The largest absolute Gasteiger partial charge is 0.377 e. The van der Waals surface area contributed by atoms with Gasteiger partial charge in [0.25, 0.3) is 11.1 Å². The summed E-state index contributed by atoms with van der Waals surface area (Å²) in [7, 11) is 4.02. The Balaban J connectivity index is 2.00. The summed E-state index contributed by atoms with van der Waals surface area (Å²) in [6, 6.07) is 16.1. The number of benzene rings is 2. The van der Waals surface area contributed by atoms with Crippen molar-refractivity contribution in [2.24, 2.45) is 0 Å². The fraction of sp³-hybridized carbons (Fsp3) is 0.111. The highest BCUT2D eigenvalue weighted by molar-refractivity contribution is 8.18. The van der Waals surface area contributed by atoms with E-state index in [1.807, 2.05) is 50.5 Å². The van der Waals surface area contributed by atoms with Crippen LogP contribution in [0.3, 0.4) is 0 Å². The van der Waals surface area contributed by atoms with E-state index in [1.54, 1.807) is 6.08 Å². The third-order valence-electron chi connectivity index (χ3n) is 3.52. The summed E-state index contributed by atoms with van der Waals surface area (Å²) in [5, 5.41) is 1.94. The van der Waals surface area contributed by atoms with Crippen molar-refractivity contribution < 1.29 is 9.59 Å². The molecule has 1 N–H and O–H groups in total. The van der Waals surface area contributed by atoms with E-state index < -0.39 is 0 Å². The number of hydrogen-bond acceptors (Lipinski definition) is 4. The van der Waals surface area contributed by atoms with E-state index in [9.17, 15) is 9.59 Å². The highest BCUT2D eigenvalue weighted by atomic mass is 32.2. The van der Waals surface area contributed by atoms with E-state index in [4.69, 9.17) is 0 Å². The van der Waals surface area contributed by atoms with E-state index in [1.165, 1.54) is 0 Å². The fourth-order valence-corrected chi connectivity index (χ4v) is 3.16. The van der Waals surface area contributed by atoms with Crippen LogP contribution in [0.5, 0.6) is 0 Å². The zero-order valence-corrected chi connectivity index (χ0v) is 13.7. The number of hydrogen-bond donors (Lipinski definition) is 1. The first-order chi connectivity index (χ1) is 11.0. The molecule has 1 aliphatic rings. The number of thioether (sulfide) groups is 1. The van der Waals surface area contributed by atoms with E-state index in [0.29, 0.717) is 4.91 Å². The Hall–Kier alpha value is -2.53. The molecule has 4 nitrogen and oxygen atoms in total. The summed E-state index contributed by atoms with van der Waals surface area (Å²) >= 11 is 0.932. The minimum absolute atomic E-state index is 0.324. The van der Waals surface area contributed by atoms with Gasteiger partial charge in [0.05, 0.1) is 4.91 Å². The Morgan fingerprint density at radius 1 is 1.04 bits per heavy atom. The van der Waals surface area contributed by atoms with Crippen molar-refractivity contribution in [3.63, 3.8) is 0 Å². The van der Waals surface area contributed by atoms with Crippen LogP contribution >= 0.6 is 11.8 Å². The summed E-state index contributed by atoms with van der Waals surface area (Å²) in [6.07, 6.45) is 1.74. The zero-order chi connectivity index (χ0) is 16.4. The van der Waals surface area contributed by atoms with Gasteiger partial charge in [-0.1, -0.05) is 36.4 Å². The molecule has 0 unspecified atom stereocenters. The summed E-state index contributed by atoms with van der Waals surface area (Å²) in [5.74, 6) is -0.334. The maximum Gasteiger partial charge on any atom is 0.290 e. The number of anilines is 1. The van der Waals surface area contributed by atoms with Crippen LogP contribution in [0.1, 0.15) is 5.56 Å². The molecule has 2 aromatic rings. The van der Waals surface area contributed by atoms with Crippen molar-refractivity contribution in [1.82, 2.24) is 5.32 Å². The predicted octanol–water partition coefficient (Wildman–Crippen LogP) is 3.74. The molecule has 0 radical (unpaired) electrons. The molecule has 0 spiro atoms. The van der Waals surface area contributed by atoms with Crippen LogP contribution in [-0.4, -0.2) is 25.2 Å². The van der Waals surface area contributed by atoms with E-state index in [0.717, 1.165) is 34.1 Å². The molecular formula is C18H16N2O2S. The molecule has 2 aromatic carbocycles. The Kier molecular flexibility index (Phi) is 4.21. The molecule has 23 heavy (non-hydrogen) atoms. The quantitative estimate of drug-likeness (QED) is 0.874. The lowest BCUT2D eigenvalue weighted by atomic mass is 10.0. The number of para-hydroxylation sites is 1. The molecular weight excluding hydrogens is 308 g/mol. The molecule has 0 saturated carbocycles. The van der Waals surface area contributed by atoms with Crippen LogP contribution in [-0.2, 0) is 4.79 Å². The molecule has 0 bridgehead atoms. The van der Waals surface area contributed by atoms with Crippen LogP contribution in [0.4, 0.5) is 10.5 Å². The lowest BCUT2D eigenvalue weighted by Gasteiger charge is -2.17. The molecule has 2 amide bonds. The Labute approximate surface area is 139 Å². The molecule has 5 heteroatoms. The van der Waals surface area contributed by atoms with Gasteiger partial charge in [0.15, 0.2) is 0 Å². The Bertz CT molecular complexity index is 812. The van der Waals surface area contributed by atoms with Crippen molar-refractivity contribution >= 4 is 34.7 Å². The average Bonchev–Trinajstić information content (AvgIpc) is 2.85.